The molecule has 0 aliphatic heterocycles. The fraction of sp³-hybridized carbons (Fsp3) is 0.350. The summed E-state index contributed by atoms with van der Waals surface area (Å²) in [5.74, 6) is -0.886. The zero-order valence-corrected chi connectivity index (χ0v) is 15.4. The Balaban J connectivity index is 1.61. The van der Waals surface area contributed by atoms with Gasteiger partial charge < -0.3 is 10.1 Å². The van der Waals surface area contributed by atoms with Gasteiger partial charge in [-0.15, -0.1) is 11.3 Å². The fourth-order valence-electron chi connectivity index (χ4n) is 2.95. The van der Waals surface area contributed by atoms with Gasteiger partial charge in [0.25, 0.3) is 5.91 Å². The summed E-state index contributed by atoms with van der Waals surface area (Å²) in [5, 5.41) is 11.6. The number of aryl methyl sites for hydroxylation is 2. The highest BCUT2D eigenvalue weighted by Crippen LogP contribution is 2.29. The third kappa shape index (κ3) is 4.30. The Morgan fingerprint density at radius 3 is 2.85 bits per heavy atom. The van der Waals surface area contributed by atoms with Gasteiger partial charge in [0.2, 0.25) is 0 Å². The highest BCUT2D eigenvalue weighted by molar-refractivity contribution is 7.14. The number of carbonyl (C=O) groups is 2. The molecule has 1 heterocycles. The lowest BCUT2D eigenvalue weighted by Gasteiger charge is -2.13. The number of rotatable bonds is 4. The molecule has 6 heteroatoms. The van der Waals surface area contributed by atoms with E-state index in [1.165, 1.54) is 28.2 Å². The smallest absolute Gasteiger partial charge is 0.349 e. The molecule has 26 heavy (non-hydrogen) atoms. The van der Waals surface area contributed by atoms with Crippen molar-refractivity contribution in [3.05, 3.63) is 51.2 Å². The van der Waals surface area contributed by atoms with Gasteiger partial charge in [-0.1, -0.05) is 12.5 Å². The van der Waals surface area contributed by atoms with Crippen LogP contribution in [0.2, 0.25) is 0 Å². The van der Waals surface area contributed by atoms with Crippen molar-refractivity contribution >= 4 is 28.9 Å². The number of nitrogens with one attached hydrogen (secondary N) is 1. The van der Waals surface area contributed by atoms with E-state index in [1.54, 1.807) is 31.2 Å². The topological polar surface area (TPSA) is 79.2 Å². The summed E-state index contributed by atoms with van der Waals surface area (Å²) in [6.45, 7) is 1.54. The average molecular weight is 368 g/mol. The number of thiophene rings is 1. The number of esters is 1. The van der Waals surface area contributed by atoms with Crippen LogP contribution in [-0.2, 0) is 22.4 Å². The molecule has 134 valence electrons. The van der Waals surface area contributed by atoms with Gasteiger partial charge in [0.1, 0.15) is 4.88 Å². The molecule has 0 bridgehead atoms. The summed E-state index contributed by atoms with van der Waals surface area (Å²) in [5.41, 5.74) is 2.19. The van der Waals surface area contributed by atoms with E-state index in [4.69, 9.17) is 10.00 Å². The molecule has 0 spiro atoms. The van der Waals surface area contributed by atoms with Gasteiger partial charge in [-0.2, -0.15) is 5.26 Å². The zero-order chi connectivity index (χ0) is 18.5. The number of nitrogens with zero attached hydrogens (tertiary/aromatic N) is 1. The van der Waals surface area contributed by atoms with Crippen molar-refractivity contribution in [2.75, 3.05) is 5.32 Å². The van der Waals surface area contributed by atoms with E-state index in [9.17, 15) is 9.59 Å². The Morgan fingerprint density at radius 2 is 2.04 bits per heavy atom. The molecule has 3 rings (SSSR count). The van der Waals surface area contributed by atoms with Crippen molar-refractivity contribution in [2.45, 2.75) is 45.1 Å². The SMILES string of the molecule is CC(OC(=O)c1cc2c(s1)CCCCC2)C(=O)Nc1cccc(C#N)c1. The minimum atomic E-state index is -0.921. The third-order valence-electron chi connectivity index (χ3n) is 4.36. The molecule has 2 aromatic rings. The van der Waals surface area contributed by atoms with Crippen LogP contribution in [0.15, 0.2) is 30.3 Å². The number of carbonyl (C=O) groups excluding carboxylic acids is 2. The number of ether oxygens (including phenoxy) is 1. The van der Waals surface area contributed by atoms with Gasteiger partial charge in [-0.3, -0.25) is 4.79 Å². The summed E-state index contributed by atoms with van der Waals surface area (Å²) in [6, 6.07) is 10.5. The molecule has 1 aliphatic rings. The Bertz CT molecular complexity index is 843. The fourth-order valence-corrected chi connectivity index (χ4v) is 4.09. The van der Waals surface area contributed by atoms with Crippen LogP contribution in [0.25, 0.3) is 0 Å². The van der Waals surface area contributed by atoms with Crippen LogP contribution in [0.1, 0.15) is 51.9 Å². The Kier molecular flexibility index (Phi) is 5.69. The maximum atomic E-state index is 12.4. The van der Waals surface area contributed by atoms with Crippen molar-refractivity contribution < 1.29 is 14.3 Å². The first-order valence-electron chi connectivity index (χ1n) is 8.70. The van der Waals surface area contributed by atoms with E-state index in [-0.39, 0.29) is 0 Å². The largest absolute Gasteiger partial charge is 0.448 e. The lowest BCUT2D eigenvalue weighted by molar-refractivity contribution is -0.123. The molecule has 0 radical (unpaired) electrons. The van der Waals surface area contributed by atoms with E-state index in [2.05, 4.69) is 5.32 Å². The van der Waals surface area contributed by atoms with E-state index < -0.39 is 18.0 Å². The molecule has 5 nitrogen and oxygen atoms in total. The maximum absolute atomic E-state index is 12.4. The second-order valence-electron chi connectivity index (χ2n) is 6.35. The van der Waals surface area contributed by atoms with Crippen molar-refractivity contribution in [3.8, 4) is 6.07 Å². The van der Waals surface area contributed by atoms with Crippen LogP contribution in [0.5, 0.6) is 0 Å². The summed E-state index contributed by atoms with van der Waals surface area (Å²) < 4.78 is 5.33. The number of fused-ring (bicyclic) bond motifs is 1. The number of nitriles is 1. The first-order valence-corrected chi connectivity index (χ1v) is 9.52. The monoisotopic (exact) mass is 368 g/mol. The van der Waals surface area contributed by atoms with Crippen molar-refractivity contribution in [1.82, 2.24) is 0 Å². The summed E-state index contributed by atoms with van der Waals surface area (Å²) in [7, 11) is 0. The summed E-state index contributed by atoms with van der Waals surface area (Å²) >= 11 is 1.48. The number of hydrogen-bond acceptors (Lipinski definition) is 5. The second kappa shape index (κ2) is 8.15. The number of anilines is 1. The normalized spacial score (nSPS) is 14.5. The number of benzene rings is 1. The van der Waals surface area contributed by atoms with E-state index in [1.807, 2.05) is 12.1 Å². The van der Waals surface area contributed by atoms with Crippen LogP contribution < -0.4 is 5.32 Å². The van der Waals surface area contributed by atoms with Crippen LogP contribution in [0.3, 0.4) is 0 Å². The van der Waals surface area contributed by atoms with E-state index >= 15 is 0 Å². The zero-order valence-electron chi connectivity index (χ0n) is 14.6. The van der Waals surface area contributed by atoms with Crippen molar-refractivity contribution in [1.29, 1.82) is 5.26 Å². The summed E-state index contributed by atoms with van der Waals surface area (Å²) in [4.78, 5) is 26.5. The van der Waals surface area contributed by atoms with Crippen LogP contribution in [-0.4, -0.2) is 18.0 Å². The molecule has 1 N–H and O–H groups in total. The van der Waals surface area contributed by atoms with Gasteiger partial charge >= 0.3 is 5.97 Å². The molecule has 1 aliphatic carbocycles. The van der Waals surface area contributed by atoms with Gasteiger partial charge in [-0.05, 0) is 62.4 Å². The minimum absolute atomic E-state index is 0.424. The second-order valence-corrected chi connectivity index (χ2v) is 7.49. The van der Waals surface area contributed by atoms with E-state index in [0.717, 1.165) is 25.7 Å². The molecule has 0 saturated heterocycles. The highest BCUT2D eigenvalue weighted by atomic mass is 32.1. The first kappa shape index (κ1) is 18.2. The van der Waals surface area contributed by atoms with Gasteiger partial charge in [0.05, 0.1) is 11.6 Å². The molecule has 1 aromatic carbocycles. The standard InChI is InChI=1S/C20H20N2O3S/c1-13(19(23)22-16-8-5-6-14(10-16)12-21)25-20(24)18-11-15-7-3-2-4-9-17(15)26-18/h5-6,8,10-11,13H,2-4,7,9H2,1H3,(H,22,23). The molecular formula is C20H20N2O3S. The first-order chi connectivity index (χ1) is 12.6. The van der Waals surface area contributed by atoms with Crippen molar-refractivity contribution in [3.63, 3.8) is 0 Å². The number of amides is 1. The molecule has 1 unspecified atom stereocenters. The molecule has 1 aromatic heterocycles. The van der Waals surface area contributed by atoms with Crippen molar-refractivity contribution in [2.24, 2.45) is 0 Å². The van der Waals surface area contributed by atoms with Crippen LogP contribution in [0, 0.1) is 11.3 Å². The van der Waals surface area contributed by atoms with E-state index in [0.29, 0.717) is 16.1 Å². The lowest BCUT2D eigenvalue weighted by Crippen LogP contribution is -2.29. The summed E-state index contributed by atoms with van der Waals surface area (Å²) in [6.07, 6.45) is 4.63. The van der Waals surface area contributed by atoms with Gasteiger partial charge in [-0.25, -0.2) is 4.79 Å². The van der Waals surface area contributed by atoms with Crippen LogP contribution in [0.4, 0.5) is 5.69 Å². The van der Waals surface area contributed by atoms with Gasteiger partial charge in [0.15, 0.2) is 6.10 Å². The van der Waals surface area contributed by atoms with Gasteiger partial charge in [0, 0.05) is 10.6 Å². The third-order valence-corrected chi connectivity index (χ3v) is 5.58. The minimum Gasteiger partial charge on any atom is -0.448 e. The number of hydrogen-bond donors (Lipinski definition) is 1. The predicted octanol–water partition coefficient (Wildman–Crippen LogP) is 4.07. The molecule has 1 atom stereocenters. The molecular weight excluding hydrogens is 348 g/mol. The average Bonchev–Trinajstić information content (AvgIpc) is 2.92. The molecule has 1 amide bonds. The highest BCUT2D eigenvalue weighted by Gasteiger charge is 2.22. The lowest BCUT2D eigenvalue weighted by atomic mass is 10.1. The maximum Gasteiger partial charge on any atom is 0.349 e. The predicted molar refractivity (Wildman–Crippen MR) is 100 cm³/mol. The molecule has 0 fully saturated rings. The Hall–Kier alpha value is -2.65. The Morgan fingerprint density at radius 1 is 1.23 bits per heavy atom. The molecule has 0 saturated carbocycles. The Labute approximate surface area is 156 Å². The van der Waals surface area contributed by atoms with Crippen LogP contribution >= 0.6 is 11.3 Å². The quantitative estimate of drug-likeness (QED) is 0.652.